The van der Waals surface area contributed by atoms with Crippen LogP contribution in [0.1, 0.15) is 52.4 Å². The average molecular weight is 267 g/mol. The minimum atomic E-state index is 0.309. The van der Waals surface area contributed by atoms with Gasteiger partial charge in [-0.1, -0.05) is 20.3 Å². The molecule has 0 unspecified atom stereocenters. The molecule has 2 aliphatic heterocycles. The summed E-state index contributed by atoms with van der Waals surface area (Å²) in [5.74, 6) is 0. The van der Waals surface area contributed by atoms with Gasteiger partial charge in [0.15, 0.2) is 0 Å². The van der Waals surface area contributed by atoms with Crippen LogP contribution < -0.4 is 5.73 Å². The molecule has 112 valence electrons. The van der Waals surface area contributed by atoms with Gasteiger partial charge in [-0.05, 0) is 76.8 Å². The van der Waals surface area contributed by atoms with Crippen molar-refractivity contribution in [1.82, 2.24) is 9.80 Å². The molecule has 0 bridgehead atoms. The number of hydrogen-bond acceptors (Lipinski definition) is 3. The van der Waals surface area contributed by atoms with Crippen molar-refractivity contribution in [3.05, 3.63) is 0 Å². The molecule has 0 saturated carbocycles. The predicted molar refractivity (Wildman–Crippen MR) is 82.3 cm³/mol. The maximum absolute atomic E-state index is 5.82. The minimum absolute atomic E-state index is 0.309. The Bertz CT molecular complexity index is 251. The molecule has 2 saturated heterocycles. The van der Waals surface area contributed by atoms with E-state index in [0.29, 0.717) is 5.41 Å². The third-order valence-electron chi connectivity index (χ3n) is 5.12. The molecule has 0 aliphatic carbocycles. The molecular weight excluding hydrogens is 234 g/mol. The Morgan fingerprint density at radius 1 is 1.00 bits per heavy atom. The summed E-state index contributed by atoms with van der Waals surface area (Å²) in [5.41, 5.74) is 6.13. The Labute approximate surface area is 119 Å². The molecular formula is C16H33N3. The smallest absolute Gasteiger partial charge is 0.0120 e. The second-order valence-electron chi connectivity index (χ2n) is 7.29. The summed E-state index contributed by atoms with van der Waals surface area (Å²) in [6.45, 7) is 11.9. The van der Waals surface area contributed by atoms with E-state index in [1.54, 1.807) is 0 Å². The highest BCUT2D eigenvalue weighted by Gasteiger charge is 2.26. The van der Waals surface area contributed by atoms with Crippen LogP contribution in [0.15, 0.2) is 0 Å². The summed E-state index contributed by atoms with van der Waals surface area (Å²) in [7, 11) is 0. The third kappa shape index (κ3) is 4.73. The molecule has 3 heteroatoms. The zero-order valence-corrected chi connectivity index (χ0v) is 13.0. The predicted octanol–water partition coefficient (Wildman–Crippen LogP) is 2.31. The molecule has 2 heterocycles. The molecule has 0 spiro atoms. The Kier molecular flexibility index (Phi) is 5.67. The number of hydrogen-bond donors (Lipinski definition) is 1. The van der Waals surface area contributed by atoms with Crippen molar-refractivity contribution in [3.63, 3.8) is 0 Å². The maximum atomic E-state index is 5.82. The number of nitrogens with zero attached hydrogens (tertiary/aromatic N) is 2. The van der Waals surface area contributed by atoms with E-state index in [4.69, 9.17) is 5.73 Å². The first-order valence-corrected chi connectivity index (χ1v) is 8.27. The summed E-state index contributed by atoms with van der Waals surface area (Å²) < 4.78 is 0. The molecule has 0 radical (unpaired) electrons. The van der Waals surface area contributed by atoms with Gasteiger partial charge in [-0.25, -0.2) is 0 Å². The van der Waals surface area contributed by atoms with Crippen LogP contribution in [0.4, 0.5) is 0 Å². The number of nitrogens with two attached hydrogens (primary N) is 1. The van der Waals surface area contributed by atoms with Crippen molar-refractivity contribution in [3.8, 4) is 0 Å². The molecule has 2 fully saturated rings. The van der Waals surface area contributed by atoms with Gasteiger partial charge >= 0.3 is 0 Å². The van der Waals surface area contributed by atoms with Gasteiger partial charge in [0.25, 0.3) is 0 Å². The van der Waals surface area contributed by atoms with Crippen LogP contribution in [0.2, 0.25) is 0 Å². The Morgan fingerprint density at radius 2 is 1.63 bits per heavy atom. The van der Waals surface area contributed by atoms with Crippen LogP contribution in [0.3, 0.4) is 0 Å². The third-order valence-corrected chi connectivity index (χ3v) is 5.12. The van der Waals surface area contributed by atoms with Gasteiger partial charge in [-0.3, -0.25) is 0 Å². The van der Waals surface area contributed by atoms with Gasteiger partial charge in [-0.15, -0.1) is 0 Å². The van der Waals surface area contributed by atoms with Gasteiger partial charge in [0.2, 0.25) is 0 Å². The molecule has 0 amide bonds. The summed E-state index contributed by atoms with van der Waals surface area (Å²) in [6, 6.07) is 0.874. The van der Waals surface area contributed by atoms with Crippen molar-refractivity contribution >= 4 is 0 Å². The fraction of sp³-hybridized carbons (Fsp3) is 1.00. The fourth-order valence-corrected chi connectivity index (χ4v) is 3.35. The van der Waals surface area contributed by atoms with Gasteiger partial charge in [0.1, 0.15) is 0 Å². The first kappa shape index (κ1) is 15.3. The summed E-state index contributed by atoms with van der Waals surface area (Å²) >= 11 is 0. The van der Waals surface area contributed by atoms with Crippen LogP contribution in [-0.2, 0) is 0 Å². The van der Waals surface area contributed by atoms with E-state index < -0.39 is 0 Å². The average Bonchev–Trinajstić information content (AvgIpc) is 2.47. The zero-order chi connectivity index (χ0) is 13.7. The van der Waals surface area contributed by atoms with E-state index in [1.807, 2.05) is 0 Å². The van der Waals surface area contributed by atoms with Gasteiger partial charge < -0.3 is 15.5 Å². The lowest BCUT2D eigenvalue weighted by Crippen LogP contribution is -2.47. The minimum Gasteiger partial charge on any atom is -0.330 e. The lowest BCUT2D eigenvalue weighted by Gasteiger charge is -2.40. The van der Waals surface area contributed by atoms with Crippen molar-refractivity contribution in [1.29, 1.82) is 0 Å². The lowest BCUT2D eigenvalue weighted by atomic mass is 9.89. The molecule has 19 heavy (non-hydrogen) atoms. The Morgan fingerprint density at radius 3 is 2.21 bits per heavy atom. The molecule has 2 rings (SSSR count). The van der Waals surface area contributed by atoms with E-state index in [9.17, 15) is 0 Å². The van der Waals surface area contributed by atoms with Crippen LogP contribution in [-0.4, -0.2) is 55.1 Å². The number of piperidine rings is 2. The Hall–Kier alpha value is -0.120. The van der Waals surface area contributed by atoms with E-state index in [0.717, 1.165) is 12.6 Å². The fourth-order valence-electron chi connectivity index (χ4n) is 3.35. The van der Waals surface area contributed by atoms with E-state index in [2.05, 4.69) is 23.6 Å². The van der Waals surface area contributed by atoms with Crippen LogP contribution in [0.25, 0.3) is 0 Å². The van der Waals surface area contributed by atoms with Crippen LogP contribution >= 0.6 is 0 Å². The quantitative estimate of drug-likeness (QED) is 0.830. The topological polar surface area (TPSA) is 32.5 Å². The van der Waals surface area contributed by atoms with Crippen molar-refractivity contribution in [2.75, 3.05) is 39.3 Å². The second kappa shape index (κ2) is 7.05. The molecule has 2 N–H and O–H groups in total. The van der Waals surface area contributed by atoms with E-state index >= 15 is 0 Å². The normalized spacial score (nSPS) is 24.8. The van der Waals surface area contributed by atoms with Crippen LogP contribution in [0, 0.1) is 5.41 Å². The maximum Gasteiger partial charge on any atom is 0.0120 e. The highest BCUT2D eigenvalue weighted by atomic mass is 15.2. The van der Waals surface area contributed by atoms with Crippen LogP contribution in [0.5, 0.6) is 0 Å². The van der Waals surface area contributed by atoms with Crippen molar-refractivity contribution in [2.45, 2.75) is 58.4 Å². The van der Waals surface area contributed by atoms with Crippen molar-refractivity contribution in [2.24, 2.45) is 11.1 Å². The number of rotatable bonds is 5. The molecule has 0 atom stereocenters. The van der Waals surface area contributed by atoms with E-state index in [1.165, 1.54) is 71.2 Å². The SMILES string of the molecule is CC(C)(CN)CCN1CCC(N2CCCCC2)CC1. The molecule has 2 aliphatic rings. The highest BCUT2D eigenvalue weighted by Crippen LogP contribution is 2.23. The monoisotopic (exact) mass is 267 g/mol. The standard InChI is InChI=1S/C16H33N3/c1-16(2,14-17)8-13-18-11-6-15(7-12-18)19-9-4-3-5-10-19/h15H,3-14,17H2,1-2H3. The first-order chi connectivity index (χ1) is 9.11. The molecule has 3 nitrogen and oxygen atoms in total. The molecule has 0 aromatic rings. The molecule has 0 aromatic heterocycles. The van der Waals surface area contributed by atoms with Crippen molar-refractivity contribution < 1.29 is 0 Å². The van der Waals surface area contributed by atoms with Gasteiger partial charge in [0.05, 0.1) is 0 Å². The summed E-state index contributed by atoms with van der Waals surface area (Å²) in [6.07, 6.45) is 8.28. The lowest BCUT2D eigenvalue weighted by molar-refractivity contribution is 0.0870. The second-order valence-corrected chi connectivity index (χ2v) is 7.29. The Balaban J connectivity index is 1.67. The number of likely N-dealkylation sites (tertiary alicyclic amines) is 2. The van der Waals surface area contributed by atoms with Gasteiger partial charge in [-0.2, -0.15) is 0 Å². The summed E-state index contributed by atoms with van der Waals surface area (Å²) in [4.78, 5) is 5.41. The largest absolute Gasteiger partial charge is 0.330 e. The highest BCUT2D eigenvalue weighted by molar-refractivity contribution is 4.82. The summed E-state index contributed by atoms with van der Waals surface area (Å²) in [5, 5.41) is 0. The first-order valence-electron chi connectivity index (χ1n) is 8.27. The zero-order valence-electron chi connectivity index (χ0n) is 13.0. The molecule has 0 aromatic carbocycles. The van der Waals surface area contributed by atoms with E-state index in [-0.39, 0.29) is 0 Å². The van der Waals surface area contributed by atoms with Gasteiger partial charge in [0, 0.05) is 6.04 Å².